The first-order chi connectivity index (χ1) is 18.4. The molecule has 8 heteroatoms. The third-order valence-corrected chi connectivity index (χ3v) is 10.2. The van der Waals surface area contributed by atoms with Crippen LogP contribution in [0.4, 0.5) is 17.2 Å². The van der Waals surface area contributed by atoms with Gasteiger partial charge in [0.1, 0.15) is 11.5 Å². The molecule has 0 saturated heterocycles. The molecule has 2 aromatic heterocycles. The summed E-state index contributed by atoms with van der Waals surface area (Å²) in [5.74, 6) is 7.08. The number of carbonyl (C=O) groups is 1. The second-order valence-electron chi connectivity index (χ2n) is 10.2. The number of nitrogens with one attached hydrogen (secondary N) is 2. The van der Waals surface area contributed by atoms with Gasteiger partial charge in [0, 0.05) is 40.1 Å². The molecule has 0 atom stereocenters. The van der Waals surface area contributed by atoms with Crippen LogP contribution in [-0.4, -0.2) is 29.5 Å². The highest BCUT2D eigenvalue weighted by Gasteiger charge is 2.56. The summed E-state index contributed by atoms with van der Waals surface area (Å²) >= 11 is 0. The summed E-state index contributed by atoms with van der Waals surface area (Å²) in [5, 5.41) is 7.77. The van der Waals surface area contributed by atoms with Crippen LogP contribution in [0.2, 0.25) is 0 Å². The predicted molar refractivity (Wildman–Crippen MR) is 146 cm³/mol. The second-order valence-corrected chi connectivity index (χ2v) is 12.5. The van der Waals surface area contributed by atoms with E-state index in [1.54, 1.807) is 36.7 Å². The predicted octanol–water partition coefficient (Wildman–Crippen LogP) is 5.08. The van der Waals surface area contributed by atoms with Gasteiger partial charge < -0.3 is 10.6 Å². The maximum atomic E-state index is 12.7. The zero-order chi connectivity index (χ0) is 25.9. The first-order valence-electron chi connectivity index (χ1n) is 12.8. The van der Waals surface area contributed by atoms with Gasteiger partial charge in [0.25, 0.3) is 0 Å². The maximum Gasteiger partial charge on any atom is 0.235 e. The summed E-state index contributed by atoms with van der Waals surface area (Å²) in [6.45, 7) is 0. The van der Waals surface area contributed by atoms with Crippen molar-refractivity contribution in [2.24, 2.45) is 0 Å². The number of benzene rings is 2. The number of rotatable bonds is 4. The summed E-state index contributed by atoms with van der Waals surface area (Å²) in [7, 11) is -3.25. The number of carbonyl (C=O) groups excluding carboxylic acids is 1. The highest BCUT2D eigenvalue weighted by Crippen LogP contribution is 2.55. The van der Waals surface area contributed by atoms with Crippen molar-refractivity contribution in [3.05, 3.63) is 83.8 Å². The van der Waals surface area contributed by atoms with E-state index in [2.05, 4.69) is 32.4 Å². The molecule has 2 fully saturated rings. The Kier molecular flexibility index (Phi) is 5.07. The molecule has 2 saturated carbocycles. The Morgan fingerprint density at radius 3 is 2.53 bits per heavy atom. The van der Waals surface area contributed by atoms with Gasteiger partial charge in [-0.25, -0.2) is 18.4 Å². The van der Waals surface area contributed by atoms with E-state index in [1.807, 2.05) is 30.3 Å². The van der Waals surface area contributed by atoms with Gasteiger partial charge in [-0.15, -0.1) is 0 Å². The Morgan fingerprint density at radius 2 is 1.79 bits per heavy atom. The van der Waals surface area contributed by atoms with Crippen molar-refractivity contribution in [2.75, 3.05) is 10.6 Å². The number of aromatic nitrogens is 2. The van der Waals surface area contributed by atoms with Crippen molar-refractivity contribution in [3.8, 4) is 11.8 Å². The number of sulfone groups is 1. The summed E-state index contributed by atoms with van der Waals surface area (Å²) in [5.41, 5.74) is 3.80. The minimum Gasteiger partial charge on any atom is -0.340 e. The number of hydrogen-bond acceptors (Lipinski definition) is 6. The van der Waals surface area contributed by atoms with Crippen LogP contribution in [-0.2, 0) is 20.0 Å². The summed E-state index contributed by atoms with van der Waals surface area (Å²) < 4.78 is 25.3. The first kappa shape index (κ1) is 22.9. The Labute approximate surface area is 220 Å². The van der Waals surface area contributed by atoms with Gasteiger partial charge in [-0.05, 0) is 85.7 Å². The lowest BCUT2D eigenvalue weighted by molar-refractivity contribution is -0.117. The van der Waals surface area contributed by atoms with E-state index in [0.717, 1.165) is 65.4 Å². The topological polar surface area (TPSA) is 101 Å². The number of hydrogen-bond donors (Lipinski definition) is 2. The fourth-order valence-corrected chi connectivity index (χ4v) is 7.10. The van der Waals surface area contributed by atoms with Gasteiger partial charge >= 0.3 is 0 Å². The molecule has 38 heavy (non-hydrogen) atoms. The van der Waals surface area contributed by atoms with Gasteiger partial charge in [-0.3, -0.25) is 4.79 Å². The monoisotopic (exact) mass is 520 g/mol. The molecule has 7 nitrogen and oxygen atoms in total. The van der Waals surface area contributed by atoms with E-state index >= 15 is 0 Å². The molecule has 2 N–H and O–H groups in total. The van der Waals surface area contributed by atoms with E-state index in [1.165, 1.54) is 0 Å². The van der Waals surface area contributed by atoms with Crippen LogP contribution in [0.1, 0.15) is 48.9 Å². The normalized spacial score (nSPS) is 17.3. The second kappa shape index (κ2) is 8.40. The van der Waals surface area contributed by atoms with Crippen molar-refractivity contribution in [3.63, 3.8) is 0 Å². The molecule has 188 valence electrons. The summed E-state index contributed by atoms with van der Waals surface area (Å²) in [4.78, 5) is 21.7. The fraction of sp³-hybridized carbons (Fsp3) is 0.233. The van der Waals surface area contributed by atoms with Crippen molar-refractivity contribution >= 4 is 43.7 Å². The standard InChI is InChI=1S/C30H24N4O3S/c35-29-30(13-14-30)25-10-4-19(16-27(25)34-29)5-11-26-24-17-28(32-18-20(24)12-15-31-26)33-21-6-8-23(9-7-21)38(36,37)22-2-1-3-22/h4,6-10,12,15-18,22H,1-3,13-14H2,(H,32,33)(H,34,35). The molecule has 1 amide bonds. The summed E-state index contributed by atoms with van der Waals surface area (Å²) in [6, 6.07) is 16.5. The Hall–Kier alpha value is -4.22. The van der Waals surface area contributed by atoms with E-state index in [0.29, 0.717) is 16.4 Å². The average molecular weight is 521 g/mol. The van der Waals surface area contributed by atoms with Crippen LogP contribution in [0.15, 0.2) is 71.9 Å². The lowest BCUT2D eigenvalue weighted by Crippen LogP contribution is -2.28. The van der Waals surface area contributed by atoms with Crippen LogP contribution >= 0.6 is 0 Å². The van der Waals surface area contributed by atoms with E-state index in [9.17, 15) is 13.2 Å². The zero-order valence-corrected chi connectivity index (χ0v) is 21.3. The molecular weight excluding hydrogens is 496 g/mol. The molecule has 0 radical (unpaired) electrons. The van der Waals surface area contributed by atoms with Crippen LogP contribution in [0.3, 0.4) is 0 Å². The molecule has 3 heterocycles. The van der Waals surface area contributed by atoms with Crippen molar-refractivity contribution < 1.29 is 13.2 Å². The van der Waals surface area contributed by atoms with E-state index < -0.39 is 9.84 Å². The number of nitrogens with zero attached hydrogens (tertiary/aromatic N) is 2. The number of fused-ring (bicyclic) bond motifs is 3. The molecule has 0 bridgehead atoms. The number of anilines is 3. The van der Waals surface area contributed by atoms with Crippen LogP contribution in [0.5, 0.6) is 0 Å². The molecule has 3 aliphatic rings. The maximum absolute atomic E-state index is 12.7. The lowest BCUT2D eigenvalue weighted by Gasteiger charge is -2.25. The zero-order valence-electron chi connectivity index (χ0n) is 20.5. The smallest absolute Gasteiger partial charge is 0.235 e. The highest BCUT2D eigenvalue weighted by atomic mass is 32.2. The highest BCUT2D eigenvalue weighted by molar-refractivity contribution is 7.92. The van der Waals surface area contributed by atoms with E-state index in [-0.39, 0.29) is 16.6 Å². The molecular formula is C30H24N4O3S. The SMILES string of the molecule is O=C1Nc2cc(C#Cc3nccc4cnc(Nc5ccc(S(=O)(=O)C6CCC6)cc5)cc34)ccc2C12CC2. The molecule has 1 spiro atoms. The first-order valence-corrected chi connectivity index (χ1v) is 14.3. The third-order valence-electron chi connectivity index (χ3n) is 7.89. The molecule has 0 unspecified atom stereocenters. The fourth-order valence-electron chi connectivity index (χ4n) is 5.24. The molecule has 2 aliphatic carbocycles. The quantitative estimate of drug-likeness (QED) is 0.364. The van der Waals surface area contributed by atoms with Gasteiger partial charge in [0.05, 0.1) is 15.6 Å². The van der Waals surface area contributed by atoms with Gasteiger partial charge in [0.15, 0.2) is 9.84 Å². The molecule has 4 aromatic rings. The Morgan fingerprint density at radius 1 is 0.974 bits per heavy atom. The van der Waals surface area contributed by atoms with Crippen LogP contribution < -0.4 is 10.6 Å². The van der Waals surface area contributed by atoms with Gasteiger partial charge in [-0.2, -0.15) is 0 Å². The Balaban J connectivity index is 1.15. The largest absolute Gasteiger partial charge is 0.340 e. The van der Waals surface area contributed by atoms with E-state index in [4.69, 9.17) is 0 Å². The molecule has 1 aliphatic heterocycles. The summed E-state index contributed by atoms with van der Waals surface area (Å²) in [6.07, 6.45) is 7.75. The van der Waals surface area contributed by atoms with Gasteiger partial charge in [-0.1, -0.05) is 18.4 Å². The van der Waals surface area contributed by atoms with Crippen molar-refractivity contribution in [1.82, 2.24) is 9.97 Å². The minimum absolute atomic E-state index is 0.0930. The van der Waals surface area contributed by atoms with Crippen molar-refractivity contribution in [2.45, 2.75) is 47.7 Å². The number of pyridine rings is 2. The van der Waals surface area contributed by atoms with Crippen LogP contribution in [0.25, 0.3) is 10.8 Å². The molecule has 7 rings (SSSR count). The third kappa shape index (κ3) is 3.74. The minimum atomic E-state index is -3.25. The lowest BCUT2D eigenvalue weighted by atomic mass is 9.97. The molecule has 2 aromatic carbocycles. The average Bonchev–Trinajstić information content (AvgIpc) is 3.63. The van der Waals surface area contributed by atoms with Crippen molar-refractivity contribution in [1.29, 1.82) is 0 Å². The van der Waals surface area contributed by atoms with Crippen LogP contribution in [0, 0.1) is 11.8 Å². The Bertz CT molecular complexity index is 1800. The van der Waals surface area contributed by atoms with Gasteiger partial charge in [0.2, 0.25) is 5.91 Å². The number of amides is 1.